The van der Waals surface area contributed by atoms with E-state index in [1.54, 1.807) is 6.92 Å². The summed E-state index contributed by atoms with van der Waals surface area (Å²) in [7, 11) is 0. The molecule has 0 saturated carbocycles. The Labute approximate surface area is 95.1 Å². The van der Waals surface area contributed by atoms with Crippen molar-refractivity contribution in [1.82, 2.24) is 0 Å². The minimum atomic E-state index is -4.92. The zero-order valence-electron chi connectivity index (χ0n) is 8.88. The predicted molar refractivity (Wildman–Crippen MR) is 52.8 cm³/mol. The largest absolute Gasteiger partial charge is 0.573 e. The molecule has 94 valence electrons. The van der Waals surface area contributed by atoms with Crippen LogP contribution in [0, 0.1) is 0 Å². The van der Waals surface area contributed by atoms with Gasteiger partial charge in [-0.25, -0.2) is 0 Å². The van der Waals surface area contributed by atoms with Crippen molar-refractivity contribution in [2.45, 2.75) is 13.3 Å². The van der Waals surface area contributed by atoms with Crippen LogP contribution in [-0.4, -0.2) is 18.9 Å². The molecular formula is C10H10F3NO3. The minimum absolute atomic E-state index is 0.135. The first-order chi connectivity index (χ1) is 7.85. The Morgan fingerprint density at radius 1 is 1.41 bits per heavy atom. The van der Waals surface area contributed by atoms with E-state index in [1.807, 2.05) is 0 Å². The average Bonchev–Trinajstić information content (AvgIpc) is 2.18. The van der Waals surface area contributed by atoms with E-state index in [2.05, 4.69) is 4.74 Å². The molecule has 17 heavy (non-hydrogen) atoms. The van der Waals surface area contributed by atoms with Crippen molar-refractivity contribution in [3.8, 4) is 11.5 Å². The van der Waals surface area contributed by atoms with Gasteiger partial charge in [0, 0.05) is 0 Å². The fourth-order valence-electron chi connectivity index (χ4n) is 1.20. The van der Waals surface area contributed by atoms with Gasteiger partial charge in [0.1, 0.15) is 0 Å². The molecule has 0 aromatic heterocycles. The number of alkyl halides is 3. The number of halogens is 3. The first-order valence-corrected chi connectivity index (χ1v) is 4.66. The molecule has 0 unspecified atom stereocenters. The normalized spacial score (nSPS) is 11.1. The summed E-state index contributed by atoms with van der Waals surface area (Å²) in [6.45, 7) is 1.73. The first kappa shape index (κ1) is 13.1. The van der Waals surface area contributed by atoms with Gasteiger partial charge in [-0.1, -0.05) is 6.07 Å². The molecule has 0 bridgehead atoms. The van der Waals surface area contributed by atoms with E-state index >= 15 is 0 Å². The van der Waals surface area contributed by atoms with E-state index in [1.165, 1.54) is 12.1 Å². The summed E-state index contributed by atoms with van der Waals surface area (Å²) in [6.07, 6.45) is -4.92. The highest BCUT2D eigenvalue weighted by Crippen LogP contribution is 2.35. The molecule has 2 N–H and O–H groups in total. The van der Waals surface area contributed by atoms with Gasteiger partial charge in [-0.05, 0) is 19.1 Å². The Bertz CT molecular complexity index is 418. The van der Waals surface area contributed by atoms with Crippen LogP contribution in [-0.2, 0) is 0 Å². The molecule has 0 aliphatic rings. The summed E-state index contributed by atoms with van der Waals surface area (Å²) in [6, 6.07) is 3.75. The molecule has 7 heteroatoms. The van der Waals surface area contributed by atoms with Gasteiger partial charge in [0.2, 0.25) is 0 Å². The Balaban J connectivity index is 3.23. The number of carbonyl (C=O) groups is 1. The number of nitrogens with two attached hydrogens (primary N) is 1. The van der Waals surface area contributed by atoms with Crippen LogP contribution in [0.4, 0.5) is 13.2 Å². The third kappa shape index (κ3) is 3.54. The second-order valence-electron chi connectivity index (χ2n) is 2.98. The number of hydrogen-bond donors (Lipinski definition) is 1. The lowest BCUT2D eigenvalue weighted by Crippen LogP contribution is -2.21. The highest BCUT2D eigenvalue weighted by molar-refractivity contribution is 5.96. The number of ether oxygens (including phenoxy) is 2. The highest BCUT2D eigenvalue weighted by atomic mass is 19.4. The van der Waals surface area contributed by atoms with E-state index in [-0.39, 0.29) is 17.9 Å². The molecule has 0 fully saturated rings. The molecule has 0 radical (unpaired) electrons. The van der Waals surface area contributed by atoms with Gasteiger partial charge in [0.05, 0.1) is 12.2 Å². The molecule has 1 rings (SSSR count). The fraction of sp³-hybridized carbons (Fsp3) is 0.300. The lowest BCUT2D eigenvalue weighted by Gasteiger charge is -2.15. The lowest BCUT2D eigenvalue weighted by atomic mass is 10.2. The maximum Gasteiger partial charge on any atom is 0.573 e. The van der Waals surface area contributed by atoms with Gasteiger partial charge in [0.15, 0.2) is 11.5 Å². The zero-order chi connectivity index (χ0) is 13.1. The van der Waals surface area contributed by atoms with E-state index in [0.717, 1.165) is 6.07 Å². The molecule has 0 aliphatic carbocycles. The van der Waals surface area contributed by atoms with Gasteiger partial charge >= 0.3 is 6.36 Å². The van der Waals surface area contributed by atoms with Crippen LogP contribution in [0.2, 0.25) is 0 Å². The zero-order valence-corrected chi connectivity index (χ0v) is 8.88. The van der Waals surface area contributed by atoms with Gasteiger partial charge in [-0.3, -0.25) is 4.79 Å². The number of hydrogen-bond acceptors (Lipinski definition) is 3. The molecule has 1 aromatic carbocycles. The molecule has 4 nitrogen and oxygen atoms in total. The number of amides is 1. The monoisotopic (exact) mass is 249 g/mol. The fourth-order valence-corrected chi connectivity index (χ4v) is 1.20. The Morgan fingerprint density at radius 2 is 2.06 bits per heavy atom. The van der Waals surface area contributed by atoms with Gasteiger partial charge in [-0.15, -0.1) is 13.2 Å². The number of carbonyl (C=O) groups excluding carboxylic acids is 1. The smallest absolute Gasteiger partial charge is 0.490 e. The van der Waals surface area contributed by atoms with Crippen LogP contribution in [0.25, 0.3) is 0 Å². The third-order valence-corrected chi connectivity index (χ3v) is 1.76. The number of rotatable bonds is 4. The minimum Gasteiger partial charge on any atom is -0.490 e. The van der Waals surface area contributed by atoms with Crippen LogP contribution in [0.5, 0.6) is 11.5 Å². The summed E-state index contributed by atoms with van der Waals surface area (Å²) in [4.78, 5) is 11.0. The summed E-state index contributed by atoms with van der Waals surface area (Å²) in [5.41, 5.74) is 4.58. The summed E-state index contributed by atoms with van der Waals surface area (Å²) in [5.74, 6) is -1.92. The average molecular weight is 249 g/mol. The van der Waals surface area contributed by atoms with Crippen molar-refractivity contribution >= 4 is 5.91 Å². The van der Waals surface area contributed by atoms with Crippen LogP contribution in [0.1, 0.15) is 17.3 Å². The molecule has 0 aliphatic heterocycles. The maximum atomic E-state index is 12.2. The van der Waals surface area contributed by atoms with E-state index in [4.69, 9.17) is 10.5 Å². The van der Waals surface area contributed by atoms with Gasteiger partial charge < -0.3 is 15.2 Å². The van der Waals surface area contributed by atoms with Crippen molar-refractivity contribution < 1.29 is 27.4 Å². The number of benzene rings is 1. The van der Waals surface area contributed by atoms with Crippen LogP contribution < -0.4 is 15.2 Å². The van der Waals surface area contributed by atoms with E-state index in [9.17, 15) is 18.0 Å². The molecule has 1 aromatic rings. The predicted octanol–water partition coefficient (Wildman–Crippen LogP) is 2.08. The maximum absolute atomic E-state index is 12.2. The van der Waals surface area contributed by atoms with Crippen molar-refractivity contribution in [2.24, 2.45) is 5.73 Å². The van der Waals surface area contributed by atoms with Crippen molar-refractivity contribution in [2.75, 3.05) is 6.61 Å². The lowest BCUT2D eigenvalue weighted by molar-refractivity contribution is -0.275. The van der Waals surface area contributed by atoms with Crippen LogP contribution >= 0.6 is 0 Å². The molecule has 0 atom stereocenters. The standard InChI is InChI=1S/C10H10F3NO3/c1-2-16-7-5-3-4-6(9(14)15)8(7)17-10(11,12)13/h3-5H,2H2,1H3,(H2,14,15). The van der Waals surface area contributed by atoms with Crippen molar-refractivity contribution in [3.63, 3.8) is 0 Å². The van der Waals surface area contributed by atoms with E-state index < -0.39 is 18.0 Å². The highest BCUT2D eigenvalue weighted by Gasteiger charge is 2.34. The third-order valence-electron chi connectivity index (χ3n) is 1.76. The summed E-state index contributed by atoms with van der Waals surface area (Å²) in [5, 5.41) is 0. The van der Waals surface area contributed by atoms with Gasteiger partial charge in [0.25, 0.3) is 5.91 Å². The van der Waals surface area contributed by atoms with E-state index in [0.29, 0.717) is 0 Å². The Morgan fingerprint density at radius 3 is 2.53 bits per heavy atom. The van der Waals surface area contributed by atoms with Crippen molar-refractivity contribution in [1.29, 1.82) is 0 Å². The molecule has 0 heterocycles. The molecule has 0 spiro atoms. The second-order valence-corrected chi connectivity index (χ2v) is 2.98. The van der Waals surface area contributed by atoms with Gasteiger partial charge in [-0.2, -0.15) is 0 Å². The SMILES string of the molecule is CCOc1cccc(C(N)=O)c1OC(F)(F)F. The summed E-state index contributed by atoms with van der Waals surface area (Å²) >= 11 is 0. The molecule has 1 amide bonds. The topological polar surface area (TPSA) is 61.5 Å². The molecule has 0 saturated heterocycles. The van der Waals surface area contributed by atoms with Crippen LogP contribution in [0.3, 0.4) is 0 Å². The Hall–Kier alpha value is -1.92. The summed E-state index contributed by atoms with van der Waals surface area (Å²) < 4.78 is 45.2. The quantitative estimate of drug-likeness (QED) is 0.888. The van der Waals surface area contributed by atoms with Crippen LogP contribution in [0.15, 0.2) is 18.2 Å². The van der Waals surface area contributed by atoms with Crippen molar-refractivity contribution in [3.05, 3.63) is 23.8 Å². The second kappa shape index (κ2) is 4.94. The number of primary amides is 1. The Kier molecular flexibility index (Phi) is 3.82. The molecular weight excluding hydrogens is 239 g/mol. The number of para-hydroxylation sites is 1. The first-order valence-electron chi connectivity index (χ1n) is 4.66.